The van der Waals surface area contributed by atoms with E-state index >= 15 is 8.78 Å². The Kier molecular flexibility index (Phi) is 17.5. The van der Waals surface area contributed by atoms with Crippen LogP contribution < -0.4 is 0 Å². The van der Waals surface area contributed by atoms with Crippen molar-refractivity contribution >= 4 is 14.3 Å². The van der Waals surface area contributed by atoms with E-state index in [9.17, 15) is 4.79 Å². The number of carbonyl (C=O) groups is 1. The molecule has 3 fully saturated rings. The molecule has 48 heavy (non-hydrogen) atoms. The maximum Gasteiger partial charge on any atom is 0.303 e. The van der Waals surface area contributed by atoms with Gasteiger partial charge in [-0.2, -0.15) is 0 Å². The molecule has 0 radical (unpaired) electrons. The van der Waals surface area contributed by atoms with Gasteiger partial charge in [0.1, 0.15) is 6.10 Å². The van der Waals surface area contributed by atoms with E-state index in [2.05, 4.69) is 46.0 Å². The van der Waals surface area contributed by atoms with Gasteiger partial charge in [-0.25, -0.2) is 8.78 Å². The molecule has 280 valence electrons. The third-order valence-electron chi connectivity index (χ3n) is 11.1. The second-order valence-electron chi connectivity index (χ2n) is 16.0. The Hall–Kier alpha value is -0.913. The van der Waals surface area contributed by atoms with Gasteiger partial charge in [-0.05, 0) is 113 Å². The molecule has 1 unspecified atom stereocenters. The summed E-state index contributed by atoms with van der Waals surface area (Å²) in [4.78, 5) is 10.8. The van der Waals surface area contributed by atoms with Crippen LogP contribution in [-0.2, 0) is 28.2 Å². The molecule has 3 rings (SSSR count). The zero-order chi connectivity index (χ0) is 35.2. The van der Waals surface area contributed by atoms with Crippen LogP contribution in [0.4, 0.5) is 8.78 Å². The van der Waals surface area contributed by atoms with Crippen molar-refractivity contribution in [2.75, 3.05) is 13.2 Å². The van der Waals surface area contributed by atoms with Crippen LogP contribution in [0.15, 0.2) is 12.2 Å². The molecule has 7 atom stereocenters. The summed E-state index contributed by atoms with van der Waals surface area (Å²) in [5.41, 5.74) is 0. The molecule has 2 heterocycles. The topological polar surface area (TPSA) is 83.5 Å². The van der Waals surface area contributed by atoms with Gasteiger partial charge in [-0.15, -0.1) is 0 Å². The van der Waals surface area contributed by atoms with Crippen LogP contribution in [-0.4, -0.2) is 69.4 Å². The van der Waals surface area contributed by atoms with Gasteiger partial charge >= 0.3 is 5.97 Å². The summed E-state index contributed by atoms with van der Waals surface area (Å²) in [6.07, 6.45) is 15.3. The molecular weight excluding hydrogens is 634 g/mol. The minimum Gasteiger partial charge on any atom is -0.481 e. The number of carboxylic acid groups (broad SMARTS) is 1. The van der Waals surface area contributed by atoms with Gasteiger partial charge in [0.15, 0.2) is 20.9 Å². The van der Waals surface area contributed by atoms with E-state index in [1.54, 1.807) is 0 Å². The zero-order valence-corrected chi connectivity index (χ0v) is 32.0. The first-order chi connectivity index (χ1) is 22.7. The fraction of sp³-hybridized carbons (Fsp3) is 0.921. The quantitative estimate of drug-likeness (QED) is 0.0724. The van der Waals surface area contributed by atoms with Crippen LogP contribution in [0.1, 0.15) is 143 Å². The van der Waals surface area contributed by atoms with E-state index in [0.29, 0.717) is 38.9 Å². The molecular formula is C38H68F2O7Si. The number of allylic oxidation sites excluding steroid dienone is 2. The van der Waals surface area contributed by atoms with Crippen molar-refractivity contribution in [2.24, 2.45) is 11.8 Å². The maximum absolute atomic E-state index is 16.0. The third-order valence-corrected chi connectivity index (χ3v) is 15.6. The number of unbranched alkanes of at least 4 members (excludes halogenated alkanes) is 4. The first-order valence-corrected chi connectivity index (χ1v) is 22.1. The summed E-state index contributed by atoms with van der Waals surface area (Å²) in [5.74, 6) is -3.56. The highest BCUT2D eigenvalue weighted by molar-refractivity contribution is 6.74. The van der Waals surface area contributed by atoms with Crippen LogP contribution in [0.2, 0.25) is 18.1 Å². The number of hydrogen-bond acceptors (Lipinski definition) is 6. The monoisotopic (exact) mass is 702 g/mol. The lowest BCUT2D eigenvalue weighted by Crippen LogP contribution is -2.49. The molecule has 7 nitrogen and oxygen atoms in total. The smallest absolute Gasteiger partial charge is 0.303 e. The second-order valence-corrected chi connectivity index (χ2v) is 20.8. The summed E-state index contributed by atoms with van der Waals surface area (Å²) in [6.45, 7) is 13.8. The van der Waals surface area contributed by atoms with Crippen LogP contribution in [0, 0.1) is 11.8 Å². The van der Waals surface area contributed by atoms with E-state index in [1.807, 2.05) is 6.92 Å². The molecule has 1 N–H and O–H groups in total. The lowest BCUT2D eigenvalue weighted by atomic mass is 9.85. The van der Waals surface area contributed by atoms with E-state index in [4.69, 9.17) is 28.5 Å². The molecule has 3 aliphatic rings. The van der Waals surface area contributed by atoms with Crippen molar-refractivity contribution in [2.45, 2.75) is 198 Å². The zero-order valence-electron chi connectivity index (χ0n) is 31.0. The fourth-order valence-electron chi connectivity index (χ4n) is 7.09. The predicted octanol–water partition coefficient (Wildman–Crippen LogP) is 10.4. The molecule has 2 saturated heterocycles. The Bertz CT molecular complexity index is 944. The number of halogens is 2. The standard InChI is InChI=1S/C38H68F2O7Si/c1-7-8-25-38(39,40)33(47-48(5,6)37(2,3)4)24-23-30-29(19-13-11-9-10-12-14-20-34(41)42)31(45-35-21-15-17-26-43-35)28-32(30)46-36-22-16-18-27-44-36/h11,13,29-33,35-36H,7-10,12,14-28H2,1-6H3,(H,41,42)/b13-11-/t29-,30-,31+,32-,33-,35+,36?/m1/s1. The molecule has 0 aromatic heterocycles. The normalized spacial score (nSPS) is 28.2. The summed E-state index contributed by atoms with van der Waals surface area (Å²) >= 11 is 0. The minimum absolute atomic E-state index is 0.0109. The van der Waals surface area contributed by atoms with Crippen molar-refractivity contribution in [1.29, 1.82) is 0 Å². The Morgan fingerprint density at radius 3 is 2.08 bits per heavy atom. The van der Waals surface area contributed by atoms with Gasteiger partial charge in [0, 0.05) is 32.5 Å². The molecule has 0 amide bonds. The molecule has 0 bridgehead atoms. The van der Waals surface area contributed by atoms with E-state index in [1.165, 1.54) is 0 Å². The minimum atomic E-state index is -2.91. The van der Waals surface area contributed by atoms with Gasteiger partial charge in [-0.3, -0.25) is 4.79 Å². The van der Waals surface area contributed by atoms with Crippen LogP contribution in [0.3, 0.4) is 0 Å². The Morgan fingerprint density at radius 2 is 1.54 bits per heavy atom. The van der Waals surface area contributed by atoms with E-state index < -0.39 is 26.3 Å². The highest BCUT2D eigenvalue weighted by atomic mass is 28.4. The number of aliphatic carboxylic acids is 1. The predicted molar refractivity (Wildman–Crippen MR) is 189 cm³/mol. The maximum atomic E-state index is 16.0. The van der Waals surface area contributed by atoms with Gasteiger partial charge in [0.25, 0.3) is 5.92 Å². The number of alkyl halides is 2. The van der Waals surface area contributed by atoms with E-state index in [0.717, 1.165) is 70.6 Å². The molecule has 10 heteroatoms. The highest BCUT2D eigenvalue weighted by Gasteiger charge is 2.50. The fourth-order valence-corrected chi connectivity index (χ4v) is 8.44. The average Bonchev–Trinajstić information content (AvgIpc) is 3.34. The first kappa shape index (κ1) is 41.5. The molecule has 1 aliphatic carbocycles. The molecule has 0 aromatic rings. The lowest BCUT2D eigenvalue weighted by molar-refractivity contribution is -0.204. The Morgan fingerprint density at radius 1 is 0.917 bits per heavy atom. The van der Waals surface area contributed by atoms with Crippen LogP contribution in [0.25, 0.3) is 0 Å². The largest absolute Gasteiger partial charge is 0.481 e. The number of ether oxygens (including phenoxy) is 4. The number of hydrogen-bond donors (Lipinski definition) is 1. The number of rotatable bonds is 21. The van der Waals surface area contributed by atoms with Gasteiger partial charge in [0.2, 0.25) is 0 Å². The molecule has 2 aliphatic heterocycles. The first-order valence-electron chi connectivity index (χ1n) is 19.2. The van der Waals surface area contributed by atoms with Crippen LogP contribution in [0.5, 0.6) is 0 Å². The average molecular weight is 703 g/mol. The van der Waals surface area contributed by atoms with Crippen molar-refractivity contribution in [3.63, 3.8) is 0 Å². The lowest BCUT2D eigenvalue weighted by Gasteiger charge is -2.42. The summed E-state index contributed by atoms with van der Waals surface area (Å²) in [6, 6.07) is 0. The van der Waals surface area contributed by atoms with Crippen LogP contribution >= 0.6 is 0 Å². The van der Waals surface area contributed by atoms with E-state index in [-0.39, 0.29) is 60.9 Å². The SMILES string of the molecule is CCCCC(F)(F)[C@@H](CC[C@@H]1[C@@H](C/C=C\CCCCCC(=O)O)[C@@H](O[C@H]2CCCCO2)C[C@H]1OC1CCCCO1)O[Si](C)(C)C(C)(C)C. The Labute approximate surface area is 291 Å². The van der Waals surface area contributed by atoms with Crippen molar-refractivity contribution in [3.8, 4) is 0 Å². The highest BCUT2D eigenvalue weighted by Crippen LogP contribution is 2.46. The second kappa shape index (κ2) is 20.2. The third kappa shape index (κ3) is 13.7. The van der Waals surface area contributed by atoms with Gasteiger partial charge in [-0.1, -0.05) is 52.7 Å². The van der Waals surface area contributed by atoms with Crippen molar-refractivity contribution in [1.82, 2.24) is 0 Å². The summed E-state index contributed by atoms with van der Waals surface area (Å²) < 4.78 is 64.0. The van der Waals surface area contributed by atoms with Gasteiger partial charge < -0.3 is 28.5 Å². The van der Waals surface area contributed by atoms with Crippen molar-refractivity contribution in [3.05, 3.63) is 12.2 Å². The molecule has 0 aromatic carbocycles. The summed E-state index contributed by atoms with van der Waals surface area (Å²) in [7, 11) is -2.47. The molecule has 0 spiro atoms. The Balaban J connectivity index is 1.83. The van der Waals surface area contributed by atoms with Crippen molar-refractivity contribution < 1.29 is 42.1 Å². The molecule has 1 saturated carbocycles. The summed E-state index contributed by atoms with van der Waals surface area (Å²) in [5, 5.41) is 8.74. The number of carboxylic acids is 1. The van der Waals surface area contributed by atoms with Gasteiger partial charge in [0.05, 0.1) is 12.2 Å².